The minimum Gasteiger partial charge on any atom is -0.497 e. The van der Waals surface area contributed by atoms with Crippen molar-refractivity contribution in [3.63, 3.8) is 0 Å². The molecular formula is C18H29NO2. The monoisotopic (exact) mass is 291 g/mol. The predicted octanol–water partition coefficient (Wildman–Crippen LogP) is 3.88. The fraction of sp³-hybridized carbons (Fsp3) is 0.667. The first kappa shape index (κ1) is 16.2. The highest BCUT2D eigenvalue weighted by Gasteiger charge is 2.22. The van der Waals surface area contributed by atoms with Crippen molar-refractivity contribution in [3.8, 4) is 11.5 Å². The van der Waals surface area contributed by atoms with Crippen molar-refractivity contribution >= 4 is 0 Å². The molecule has 1 fully saturated rings. The van der Waals surface area contributed by atoms with E-state index in [1.807, 2.05) is 24.3 Å². The van der Waals surface area contributed by atoms with Gasteiger partial charge in [-0.05, 0) is 68.3 Å². The Morgan fingerprint density at radius 3 is 2.38 bits per heavy atom. The smallest absolute Gasteiger partial charge is 0.119 e. The van der Waals surface area contributed by atoms with Gasteiger partial charge in [-0.2, -0.15) is 0 Å². The van der Waals surface area contributed by atoms with Crippen LogP contribution in [0.4, 0.5) is 0 Å². The highest BCUT2D eigenvalue weighted by Crippen LogP contribution is 2.22. The number of benzene rings is 1. The van der Waals surface area contributed by atoms with Crippen molar-refractivity contribution in [3.05, 3.63) is 24.3 Å². The van der Waals surface area contributed by atoms with Gasteiger partial charge in [-0.1, -0.05) is 13.8 Å². The van der Waals surface area contributed by atoms with E-state index in [0.717, 1.165) is 43.0 Å². The van der Waals surface area contributed by atoms with Crippen molar-refractivity contribution in [1.82, 2.24) is 5.32 Å². The van der Waals surface area contributed by atoms with Gasteiger partial charge >= 0.3 is 0 Å². The molecule has 21 heavy (non-hydrogen) atoms. The SMILES string of the molecule is COc1ccc(OCCC(CNC2CC2)CC(C)C)cc1. The zero-order valence-corrected chi connectivity index (χ0v) is 13.6. The summed E-state index contributed by atoms with van der Waals surface area (Å²) in [6, 6.07) is 8.62. The molecule has 0 aliphatic heterocycles. The summed E-state index contributed by atoms with van der Waals surface area (Å²) in [5.74, 6) is 3.25. The molecule has 3 heteroatoms. The summed E-state index contributed by atoms with van der Waals surface area (Å²) >= 11 is 0. The van der Waals surface area contributed by atoms with Gasteiger partial charge in [-0.25, -0.2) is 0 Å². The lowest BCUT2D eigenvalue weighted by molar-refractivity contribution is 0.256. The zero-order valence-electron chi connectivity index (χ0n) is 13.6. The summed E-state index contributed by atoms with van der Waals surface area (Å²) in [5, 5.41) is 3.65. The number of nitrogens with one attached hydrogen (secondary N) is 1. The Balaban J connectivity index is 1.71. The van der Waals surface area contributed by atoms with Gasteiger partial charge in [0.15, 0.2) is 0 Å². The normalized spacial score (nSPS) is 16.0. The molecule has 1 aromatic rings. The molecule has 1 aliphatic carbocycles. The third-order valence-corrected chi connectivity index (χ3v) is 3.93. The van der Waals surface area contributed by atoms with Gasteiger partial charge in [-0.15, -0.1) is 0 Å². The number of hydrogen-bond acceptors (Lipinski definition) is 3. The Labute approximate surface area is 129 Å². The zero-order chi connectivity index (χ0) is 15.1. The molecule has 1 N–H and O–H groups in total. The fourth-order valence-electron chi connectivity index (χ4n) is 2.61. The molecule has 1 aliphatic rings. The third kappa shape index (κ3) is 6.38. The largest absolute Gasteiger partial charge is 0.497 e. The summed E-state index contributed by atoms with van der Waals surface area (Å²) in [5.41, 5.74) is 0. The van der Waals surface area contributed by atoms with Gasteiger partial charge < -0.3 is 14.8 Å². The van der Waals surface area contributed by atoms with E-state index in [-0.39, 0.29) is 0 Å². The quantitative estimate of drug-likeness (QED) is 0.709. The van der Waals surface area contributed by atoms with Crippen LogP contribution in [0.15, 0.2) is 24.3 Å². The maximum Gasteiger partial charge on any atom is 0.119 e. The number of hydrogen-bond donors (Lipinski definition) is 1. The number of methoxy groups -OCH3 is 1. The predicted molar refractivity (Wildman–Crippen MR) is 87.1 cm³/mol. The van der Waals surface area contributed by atoms with Crippen molar-refractivity contribution in [2.24, 2.45) is 11.8 Å². The number of ether oxygens (including phenoxy) is 2. The van der Waals surface area contributed by atoms with Gasteiger partial charge in [0.1, 0.15) is 11.5 Å². The molecule has 0 aromatic heterocycles. The fourth-order valence-corrected chi connectivity index (χ4v) is 2.61. The summed E-state index contributed by atoms with van der Waals surface area (Å²) in [6.45, 7) is 6.52. The third-order valence-electron chi connectivity index (χ3n) is 3.93. The molecule has 0 radical (unpaired) electrons. The standard InChI is InChI=1S/C18H29NO2/c1-14(2)12-15(13-19-16-4-5-16)10-11-21-18-8-6-17(20-3)7-9-18/h6-9,14-16,19H,4-5,10-13H2,1-3H3. The Kier molecular flexibility index (Phi) is 6.37. The molecule has 0 spiro atoms. The lowest BCUT2D eigenvalue weighted by Gasteiger charge is -2.20. The maximum absolute atomic E-state index is 5.86. The van der Waals surface area contributed by atoms with E-state index in [0.29, 0.717) is 5.92 Å². The lowest BCUT2D eigenvalue weighted by Crippen LogP contribution is -2.27. The first-order valence-electron chi connectivity index (χ1n) is 8.17. The Hall–Kier alpha value is -1.22. The average molecular weight is 291 g/mol. The molecule has 0 amide bonds. The van der Waals surface area contributed by atoms with Crippen LogP contribution in [0.3, 0.4) is 0 Å². The van der Waals surface area contributed by atoms with E-state index in [2.05, 4.69) is 19.2 Å². The van der Waals surface area contributed by atoms with E-state index < -0.39 is 0 Å². The summed E-state index contributed by atoms with van der Waals surface area (Å²) < 4.78 is 11.0. The first-order chi connectivity index (χ1) is 10.2. The van der Waals surface area contributed by atoms with Crippen molar-refractivity contribution in [2.75, 3.05) is 20.3 Å². The maximum atomic E-state index is 5.86. The Bertz CT molecular complexity index is 398. The molecule has 2 rings (SSSR count). The second-order valence-electron chi connectivity index (χ2n) is 6.49. The molecule has 0 bridgehead atoms. The lowest BCUT2D eigenvalue weighted by atomic mass is 9.94. The molecule has 1 unspecified atom stereocenters. The van der Waals surface area contributed by atoms with Crippen LogP contribution in [0.25, 0.3) is 0 Å². The van der Waals surface area contributed by atoms with Crippen molar-refractivity contribution < 1.29 is 9.47 Å². The highest BCUT2D eigenvalue weighted by molar-refractivity contribution is 5.31. The van der Waals surface area contributed by atoms with E-state index in [4.69, 9.17) is 9.47 Å². The molecule has 1 aromatic carbocycles. The van der Waals surface area contributed by atoms with Gasteiger partial charge in [0.25, 0.3) is 0 Å². The van der Waals surface area contributed by atoms with E-state index >= 15 is 0 Å². The van der Waals surface area contributed by atoms with Crippen LogP contribution in [0.2, 0.25) is 0 Å². The average Bonchev–Trinajstić information content (AvgIpc) is 3.29. The van der Waals surface area contributed by atoms with Gasteiger partial charge in [0, 0.05) is 6.04 Å². The second-order valence-corrected chi connectivity index (χ2v) is 6.49. The van der Waals surface area contributed by atoms with Gasteiger partial charge in [-0.3, -0.25) is 0 Å². The minimum atomic E-state index is 0.712. The summed E-state index contributed by atoms with van der Waals surface area (Å²) in [7, 11) is 1.68. The number of rotatable bonds is 10. The van der Waals surface area contributed by atoms with E-state index in [1.54, 1.807) is 7.11 Å². The summed E-state index contributed by atoms with van der Waals surface area (Å²) in [4.78, 5) is 0. The molecule has 1 saturated carbocycles. The van der Waals surface area contributed by atoms with Crippen LogP contribution < -0.4 is 14.8 Å². The molecule has 0 heterocycles. The van der Waals surface area contributed by atoms with Crippen molar-refractivity contribution in [2.45, 2.75) is 45.6 Å². The van der Waals surface area contributed by atoms with E-state index in [9.17, 15) is 0 Å². The highest BCUT2D eigenvalue weighted by atomic mass is 16.5. The van der Waals surface area contributed by atoms with E-state index in [1.165, 1.54) is 19.3 Å². The van der Waals surface area contributed by atoms with Crippen LogP contribution in [0, 0.1) is 11.8 Å². The Morgan fingerprint density at radius 1 is 1.14 bits per heavy atom. The molecule has 118 valence electrons. The molecule has 3 nitrogen and oxygen atoms in total. The van der Waals surface area contributed by atoms with Crippen LogP contribution in [0.5, 0.6) is 11.5 Å². The van der Waals surface area contributed by atoms with Crippen LogP contribution >= 0.6 is 0 Å². The first-order valence-corrected chi connectivity index (χ1v) is 8.17. The van der Waals surface area contributed by atoms with Gasteiger partial charge in [0.05, 0.1) is 13.7 Å². The van der Waals surface area contributed by atoms with Crippen molar-refractivity contribution in [1.29, 1.82) is 0 Å². The molecule has 1 atom stereocenters. The molecular weight excluding hydrogens is 262 g/mol. The van der Waals surface area contributed by atoms with Crippen LogP contribution in [-0.2, 0) is 0 Å². The molecule has 0 saturated heterocycles. The summed E-state index contributed by atoms with van der Waals surface area (Å²) in [6.07, 6.45) is 5.10. The minimum absolute atomic E-state index is 0.712. The van der Waals surface area contributed by atoms with Crippen LogP contribution in [-0.4, -0.2) is 26.3 Å². The second kappa shape index (κ2) is 8.28. The van der Waals surface area contributed by atoms with Crippen LogP contribution in [0.1, 0.15) is 39.5 Å². The van der Waals surface area contributed by atoms with Gasteiger partial charge in [0.2, 0.25) is 0 Å². The Morgan fingerprint density at radius 2 is 1.81 bits per heavy atom. The topological polar surface area (TPSA) is 30.5 Å².